The summed E-state index contributed by atoms with van der Waals surface area (Å²) in [5.41, 5.74) is 0. The second kappa shape index (κ2) is 4.91. The molecule has 1 aliphatic carbocycles. The average Bonchev–Trinajstić information content (AvgIpc) is 2.03. The van der Waals surface area contributed by atoms with Crippen molar-refractivity contribution >= 4 is 9.68 Å². The summed E-state index contributed by atoms with van der Waals surface area (Å²) in [6.07, 6.45) is 7.32. The lowest BCUT2D eigenvalue weighted by Crippen LogP contribution is -2.33. The summed E-state index contributed by atoms with van der Waals surface area (Å²) in [5.74, 6) is 0. The molecule has 0 atom stereocenters. The van der Waals surface area contributed by atoms with Crippen LogP contribution in [0.4, 0.5) is 0 Å². The number of hydrogen-bond acceptors (Lipinski definition) is 1. The Hall–Kier alpha value is 0.177. The molecule has 1 N–H and O–H groups in total. The third-order valence-electron chi connectivity index (χ3n) is 2.29. The Balaban J connectivity index is 2.02. The summed E-state index contributed by atoms with van der Waals surface area (Å²) >= 11 is 0. The van der Waals surface area contributed by atoms with E-state index in [0.717, 1.165) is 6.04 Å². The molecule has 1 fully saturated rings. The van der Waals surface area contributed by atoms with Crippen molar-refractivity contribution in [3.8, 4) is 0 Å². The Morgan fingerprint density at radius 3 is 2.60 bits per heavy atom. The normalized spacial score (nSPS) is 22.5. The van der Waals surface area contributed by atoms with Gasteiger partial charge in [0, 0.05) is 0 Å². The van der Waals surface area contributed by atoms with E-state index in [1.54, 1.807) is 0 Å². The van der Waals surface area contributed by atoms with Gasteiger partial charge in [0.25, 0.3) is 0 Å². The minimum Gasteiger partial charge on any atom is -0.340 e. The number of rotatable bonds is 3. The molecule has 0 radical (unpaired) electrons. The minimum atomic E-state index is 0.127. The van der Waals surface area contributed by atoms with E-state index in [2.05, 4.69) is 11.9 Å². The molecule has 1 rings (SSSR count). The van der Waals surface area contributed by atoms with Gasteiger partial charge in [0.2, 0.25) is 0 Å². The molecule has 1 saturated carbocycles. The van der Waals surface area contributed by atoms with Crippen LogP contribution in [0.3, 0.4) is 0 Å². The van der Waals surface area contributed by atoms with E-state index in [1.807, 2.05) is 0 Å². The fourth-order valence-corrected chi connectivity index (χ4v) is 2.76. The topological polar surface area (TPSA) is 12.0 Å². The molecule has 0 aromatic carbocycles. The van der Waals surface area contributed by atoms with Crippen molar-refractivity contribution in [2.75, 3.05) is 0 Å². The van der Waals surface area contributed by atoms with Gasteiger partial charge in [-0.2, -0.15) is 0 Å². The fourth-order valence-electron chi connectivity index (χ4n) is 1.66. The predicted octanol–water partition coefficient (Wildman–Crippen LogP) is 1.43. The first-order valence-corrected chi connectivity index (χ1v) is 6.37. The van der Waals surface area contributed by atoms with Gasteiger partial charge in [-0.3, -0.25) is 0 Å². The second-order valence-corrected chi connectivity index (χ2v) is 5.20. The average molecular weight is 157 g/mol. The molecule has 10 heavy (non-hydrogen) atoms. The van der Waals surface area contributed by atoms with Crippen LogP contribution in [-0.4, -0.2) is 15.7 Å². The Labute approximate surface area is 66.5 Å². The standard InChI is InChI=1S/C8H19NSi/c1-2-10-9-8-6-4-3-5-7-8/h8-9H,2-7,10H2,1H3. The molecule has 1 nitrogen and oxygen atoms in total. The smallest absolute Gasteiger partial charge is 0.0916 e. The number of hydrogen-bond donors (Lipinski definition) is 1. The summed E-state index contributed by atoms with van der Waals surface area (Å²) in [7, 11) is 0.127. The highest BCUT2D eigenvalue weighted by atomic mass is 28.2. The molecular formula is C8H19NSi. The maximum atomic E-state index is 3.71. The third kappa shape index (κ3) is 2.84. The van der Waals surface area contributed by atoms with Gasteiger partial charge in [0.05, 0.1) is 9.68 Å². The molecule has 0 saturated heterocycles. The highest BCUT2D eigenvalue weighted by molar-refractivity contribution is 6.31. The van der Waals surface area contributed by atoms with Crippen LogP contribution in [-0.2, 0) is 0 Å². The molecule has 0 aromatic heterocycles. The van der Waals surface area contributed by atoms with Gasteiger partial charge in [-0.1, -0.05) is 32.2 Å². The van der Waals surface area contributed by atoms with Crippen LogP contribution < -0.4 is 4.98 Å². The monoisotopic (exact) mass is 157 g/mol. The van der Waals surface area contributed by atoms with E-state index in [4.69, 9.17) is 0 Å². The lowest BCUT2D eigenvalue weighted by Gasteiger charge is -2.22. The molecule has 0 unspecified atom stereocenters. The van der Waals surface area contributed by atoms with Gasteiger partial charge in [-0.05, 0) is 18.9 Å². The molecule has 2 heteroatoms. The van der Waals surface area contributed by atoms with Gasteiger partial charge in [-0.25, -0.2) is 0 Å². The highest BCUT2D eigenvalue weighted by Crippen LogP contribution is 2.16. The van der Waals surface area contributed by atoms with Crippen LogP contribution in [0.15, 0.2) is 0 Å². The van der Waals surface area contributed by atoms with Crippen molar-refractivity contribution in [2.45, 2.75) is 51.1 Å². The van der Waals surface area contributed by atoms with Crippen LogP contribution in [0.5, 0.6) is 0 Å². The zero-order valence-electron chi connectivity index (χ0n) is 7.03. The lowest BCUT2D eigenvalue weighted by molar-refractivity contribution is 0.418. The van der Waals surface area contributed by atoms with E-state index in [1.165, 1.54) is 38.1 Å². The fraction of sp³-hybridized carbons (Fsp3) is 1.00. The minimum absolute atomic E-state index is 0.127. The zero-order chi connectivity index (χ0) is 7.23. The predicted molar refractivity (Wildman–Crippen MR) is 49.0 cm³/mol. The molecule has 0 bridgehead atoms. The Morgan fingerprint density at radius 2 is 2.00 bits per heavy atom. The van der Waals surface area contributed by atoms with E-state index in [-0.39, 0.29) is 9.68 Å². The first-order valence-electron chi connectivity index (χ1n) is 4.67. The largest absolute Gasteiger partial charge is 0.340 e. The second-order valence-electron chi connectivity index (χ2n) is 3.29. The van der Waals surface area contributed by atoms with Crippen molar-refractivity contribution in [1.82, 2.24) is 4.98 Å². The molecule has 0 amide bonds. The van der Waals surface area contributed by atoms with Gasteiger partial charge < -0.3 is 4.98 Å². The summed E-state index contributed by atoms with van der Waals surface area (Å²) in [5, 5.41) is 0. The van der Waals surface area contributed by atoms with Crippen molar-refractivity contribution < 1.29 is 0 Å². The van der Waals surface area contributed by atoms with Crippen LogP contribution in [0.25, 0.3) is 0 Å². The van der Waals surface area contributed by atoms with Gasteiger partial charge >= 0.3 is 0 Å². The maximum absolute atomic E-state index is 3.71. The van der Waals surface area contributed by atoms with Crippen LogP contribution in [0, 0.1) is 0 Å². The molecule has 0 aromatic rings. The quantitative estimate of drug-likeness (QED) is 0.611. The van der Waals surface area contributed by atoms with Crippen LogP contribution >= 0.6 is 0 Å². The number of nitrogens with one attached hydrogen (secondary N) is 1. The van der Waals surface area contributed by atoms with E-state index in [9.17, 15) is 0 Å². The maximum Gasteiger partial charge on any atom is 0.0916 e. The lowest BCUT2D eigenvalue weighted by atomic mass is 9.96. The summed E-state index contributed by atoms with van der Waals surface area (Å²) in [6, 6.07) is 2.33. The summed E-state index contributed by atoms with van der Waals surface area (Å²) in [6.45, 7) is 2.29. The van der Waals surface area contributed by atoms with Gasteiger partial charge in [0.15, 0.2) is 0 Å². The molecule has 0 aliphatic heterocycles. The van der Waals surface area contributed by atoms with Crippen molar-refractivity contribution in [3.63, 3.8) is 0 Å². The van der Waals surface area contributed by atoms with E-state index >= 15 is 0 Å². The SMILES string of the molecule is CC[SiH2]NC1CCCCC1. The Bertz CT molecular complexity index is 79.3. The first kappa shape index (κ1) is 8.28. The van der Waals surface area contributed by atoms with Crippen LogP contribution in [0.2, 0.25) is 6.04 Å². The highest BCUT2D eigenvalue weighted by Gasteiger charge is 2.10. The van der Waals surface area contributed by atoms with E-state index < -0.39 is 0 Å². The molecule has 0 spiro atoms. The third-order valence-corrected chi connectivity index (χ3v) is 3.65. The van der Waals surface area contributed by atoms with Crippen molar-refractivity contribution in [2.24, 2.45) is 0 Å². The summed E-state index contributed by atoms with van der Waals surface area (Å²) in [4.78, 5) is 3.71. The van der Waals surface area contributed by atoms with Crippen molar-refractivity contribution in [3.05, 3.63) is 0 Å². The summed E-state index contributed by atoms with van der Waals surface area (Å²) < 4.78 is 0. The van der Waals surface area contributed by atoms with Gasteiger partial charge in [-0.15, -0.1) is 0 Å². The first-order chi connectivity index (χ1) is 4.93. The van der Waals surface area contributed by atoms with E-state index in [0.29, 0.717) is 0 Å². The van der Waals surface area contributed by atoms with Gasteiger partial charge in [0.1, 0.15) is 0 Å². The molecule has 1 aliphatic rings. The van der Waals surface area contributed by atoms with Crippen LogP contribution in [0.1, 0.15) is 39.0 Å². The Morgan fingerprint density at radius 1 is 1.30 bits per heavy atom. The molecule has 60 valence electrons. The Kier molecular flexibility index (Phi) is 4.06. The van der Waals surface area contributed by atoms with Crippen molar-refractivity contribution in [1.29, 1.82) is 0 Å². The zero-order valence-corrected chi connectivity index (χ0v) is 8.44. The molecule has 0 heterocycles. The molecular weight excluding hydrogens is 138 g/mol.